The van der Waals surface area contributed by atoms with Crippen LogP contribution in [0, 0.1) is 18.4 Å². The van der Waals surface area contributed by atoms with Crippen LogP contribution >= 0.6 is 11.8 Å². The second kappa shape index (κ2) is 6.17. The topological polar surface area (TPSA) is 45.0 Å². The number of hydrogen-bond donors (Lipinski definition) is 1. The van der Waals surface area contributed by atoms with Crippen molar-refractivity contribution < 1.29 is 4.74 Å². The summed E-state index contributed by atoms with van der Waals surface area (Å²) in [6, 6.07) is 13.8. The van der Waals surface area contributed by atoms with Crippen LogP contribution < -0.4 is 10.1 Å². The van der Waals surface area contributed by atoms with Crippen molar-refractivity contribution in [2.24, 2.45) is 0 Å². The van der Waals surface area contributed by atoms with Crippen molar-refractivity contribution in [2.75, 3.05) is 12.4 Å². The molecule has 4 heteroatoms. The second-order valence-corrected chi connectivity index (χ2v) is 5.13. The molecule has 2 rings (SSSR count). The molecule has 0 amide bonds. The Morgan fingerprint density at radius 2 is 1.89 bits per heavy atom. The van der Waals surface area contributed by atoms with Gasteiger partial charge in [0.05, 0.1) is 12.8 Å². The number of nitriles is 1. The van der Waals surface area contributed by atoms with E-state index < -0.39 is 0 Å². The molecule has 0 saturated heterocycles. The predicted molar refractivity (Wildman–Crippen MR) is 77.5 cm³/mol. The van der Waals surface area contributed by atoms with E-state index >= 15 is 0 Å². The van der Waals surface area contributed by atoms with Crippen LogP contribution in [0.4, 0.5) is 5.69 Å². The maximum Gasteiger partial charge on any atom is 0.181 e. The van der Waals surface area contributed by atoms with Crippen LogP contribution in [-0.4, -0.2) is 7.11 Å². The van der Waals surface area contributed by atoms with Crippen molar-refractivity contribution in [3.63, 3.8) is 0 Å². The molecule has 0 aromatic heterocycles. The lowest BCUT2D eigenvalue weighted by Crippen LogP contribution is -1.90. The molecule has 3 nitrogen and oxygen atoms in total. The number of benzene rings is 2. The Labute approximate surface area is 117 Å². The predicted octanol–water partition coefficient (Wildman–Crippen LogP) is 4.05. The lowest BCUT2D eigenvalue weighted by Gasteiger charge is -2.09. The molecule has 1 N–H and O–H groups in total. The van der Waals surface area contributed by atoms with E-state index in [-0.39, 0.29) is 0 Å². The van der Waals surface area contributed by atoms with Gasteiger partial charge >= 0.3 is 0 Å². The van der Waals surface area contributed by atoms with E-state index in [1.54, 1.807) is 18.9 Å². The van der Waals surface area contributed by atoms with Gasteiger partial charge in [0.25, 0.3) is 0 Å². The van der Waals surface area contributed by atoms with Gasteiger partial charge in [0.15, 0.2) is 6.19 Å². The number of anilines is 1. The van der Waals surface area contributed by atoms with Crippen LogP contribution in [0.5, 0.6) is 5.75 Å². The average Bonchev–Trinajstić information content (AvgIpc) is 2.43. The zero-order chi connectivity index (χ0) is 13.7. The zero-order valence-electron chi connectivity index (χ0n) is 10.8. The van der Waals surface area contributed by atoms with Gasteiger partial charge in [0.2, 0.25) is 0 Å². The summed E-state index contributed by atoms with van der Waals surface area (Å²) < 4.78 is 5.14. The van der Waals surface area contributed by atoms with Crippen LogP contribution in [0.1, 0.15) is 5.56 Å². The van der Waals surface area contributed by atoms with E-state index in [0.29, 0.717) is 0 Å². The Morgan fingerprint density at radius 1 is 1.16 bits per heavy atom. The summed E-state index contributed by atoms with van der Waals surface area (Å²) in [5.74, 6) is 0.837. The summed E-state index contributed by atoms with van der Waals surface area (Å²) in [5.41, 5.74) is 1.99. The first-order valence-electron chi connectivity index (χ1n) is 5.80. The van der Waals surface area contributed by atoms with E-state index in [1.165, 1.54) is 5.56 Å². The summed E-state index contributed by atoms with van der Waals surface area (Å²) in [7, 11) is 1.65. The monoisotopic (exact) mass is 270 g/mol. The summed E-state index contributed by atoms with van der Waals surface area (Å²) in [4.78, 5) is 2.14. The Morgan fingerprint density at radius 3 is 2.53 bits per heavy atom. The van der Waals surface area contributed by atoms with E-state index in [2.05, 4.69) is 11.4 Å². The number of nitrogens with zero attached hydrogens (tertiary/aromatic N) is 1. The lowest BCUT2D eigenvalue weighted by atomic mass is 10.2. The molecule has 0 aliphatic rings. The van der Waals surface area contributed by atoms with Crippen LogP contribution in [0.25, 0.3) is 0 Å². The molecule has 0 radical (unpaired) electrons. The maximum atomic E-state index is 8.76. The number of aryl methyl sites for hydroxylation is 1. The highest BCUT2D eigenvalue weighted by Gasteiger charge is 2.05. The molecule has 0 fully saturated rings. The third-order valence-corrected chi connectivity index (χ3v) is 3.68. The molecule has 0 spiro atoms. The molecule has 0 saturated carbocycles. The first-order valence-corrected chi connectivity index (χ1v) is 6.62. The largest absolute Gasteiger partial charge is 0.497 e. The molecule has 2 aromatic carbocycles. The number of hydrogen-bond acceptors (Lipinski definition) is 4. The van der Waals surface area contributed by atoms with Crippen LogP contribution in [0.2, 0.25) is 0 Å². The maximum absolute atomic E-state index is 8.76. The van der Waals surface area contributed by atoms with E-state index in [0.717, 1.165) is 21.2 Å². The van der Waals surface area contributed by atoms with Gasteiger partial charge in [-0.3, -0.25) is 5.32 Å². The van der Waals surface area contributed by atoms with Crippen molar-refractivity contribution in [1.29, 1.82) is 5.26 Å². The van der Waals surface area contributed by atoms with Crippen molar-refractivity contribution in [3.8, 4) is 11.9 Å². The smallest absolute Gasteiger partial charge is 0.181 e. The molecule has 0 aliphatic carbocycles. The summed E-state index contributed by atoms with van der Waals surface area (Å²) in [6.07, 6.45) is 1.96. The van der Waals surface area contributed by atoms with Gasteiger partial charge in [0, 0.05) is 9.79 Å². The molecule has 0 atom stereocenters. The Bertz CT molecular complexity index is 603. The fraction of sp³-hybridized carbons (Fsp3) is 0.133. The molecular formula is C15H14N2OS. The highest BCUT2D eigenvalue weighted by molar-refractivity contribution is 7.99. The minimum Gasteiger partial charge on any atom is -0.497 e. The van der Waals surface area contributed by atoms with Gasteiger partial charge in [-0.05, 0) is 48.9 Å². The Balaban J connectivity index is 2.26. The quantitative estimate of drug-likeness (QED) is 0.672. The van der Waals surface area contributed by atoms with Crippen molar-refractivity contribution >= 4 is 17.4 Å². The molecule has 0 aliphatic heterocycles. The van der Waals surface area contributed by atoms with E-state index in [9.17, 15) is 0 Å². The lowest BCUT2D eigenvalue weighted by molar-refractivity contribution is 0.414. The Hall–Kier alpha value is -2.12. The SMILES string of the molecule is COc1ccc(Sc2cc(C)ccc2NC#N)cc1. The van der Waals surface area contributed by atoms with Crippen LogP contribution in [0.3, 0.4) is 0 Å². The third-order valence-electron chi connectivity index (χ3n) is 2.61. The number of ether oxygens (including phenoxy) is 1. The highest BCUT2D eigenvalue weighted by Crippen LogP contribution is 2.34. The van der Waals surface area contributed by atoms with Crippen molar-refractivity contribution in [3.05, 3.63) is 48.0 Å². The van der Waals surface area contributed by atoms with Gasteiger partial charge in [-0.2, -0.15) is 5.26 Å². The molecule has 0 bridgehead atoms. The molecule has 2 aromatic rings. The normalized spacial score (nSPS) is 9.74. The number of nitrogens with one attached hydrogen (secondary N) is 1. The summed E-state index contributed by atoms with van der Waals surface area (Å²) in [5, 5.41) is 11.5. The minimum atomic E-state index is 0.828. The zero-order valence-corrected chi connectivity index (χ0v) is 11.6. The summed E-state index contributed by atoms with van der Waals surface area (Å²) >= 11 is 1.62. The summed E-state index contributed by atoms with van der Waals surface area (Å²) in [6.45, 7) is 2.04. The first kappa shape index (κ1) is 13.3. The number of methoxy groups -OCH3 is 1. The molecule has 0 heterocycles. The van der Waals surface area contributed by atoms with Gasteiger partial charge < -0.3 is 4.74 Å². The third kappa shape index (κ3) is 3.43. The van der Waals surface area contributed by atoms with Crippen molar-refractivity contribution in [1.82, 2.24) is 0 Å². The standard InChI is InChI=1S/C15H14N2OS/c1-11-3-8-14(17-10-16)15(9-11)19-13-6-4-12(18-2)5-7-13/h3-9,17H,1-2H3. The van der Waals surface area contributed by atoms with Crippen molar-refractivity contribution in [2.45, 2.75) is 16.7 Å². The highest BCUT2D eigenvalue weighted by atomic mass is 32.2. The molecular weight excluding hydrogens is 256 g/mol. The number of rotatable bonds is 4. The van der Waals surface area contributed by atoms with Gasteiger partial charge in [-0.25, -0.2) is 0 Å². The average molecular weight is 270 g/mol. The van der Waals surface area contributed by atoms with E-state index in [4.69, 9.17) is 10.00 Å². The van der Waals surface area contributed by atoms with Gasteiger partial charge in [-0.1, -0.05) is 17.8 Å². The van der Waals surface area contributed by atoms with Gasteiger partial charge in [-0.15, -0.1) is 0 Å². The minimum absolute atomic E-state index is 0.828. The van der Waals surface area contributed by atoms with E-state index in [1.807, 2.05) is 49.5 Å². The fourth-order valence-electron chi connectivity index (χ4n) is 1.65. The molecule has 19 heavy (non-hydrogen) atoms. The molecule has 0 unspecified atom stereocenters. The second-order valence-electron chi connectivity index (χ2n) is 4.01. The Kier molecular flexibility index (Phi) is 4.32. The fourth-order valence-corrected chi connectivity index (χ4v) is 2.65. The van der Waals surface area contributed by atoms with Crippen LogP contribution in [0.15, 0.2) is 52.3 Å². The molecule has 96 valence electrons. The van der Waals surface area contributed by atoms with Crippen LogP contribution in [-0.2, 0) is 0 Å². The van der Waals surface area contributed by atoms with Gasteiger partial charge in [0.1, 0.15) is 5.75 Å². The first-order chi connectivity index (χ1) is 9.22.